The highest BCUT2D eigenvalue weighted by atomic mass is 16.2. The molecule has 0 atom stereocenters. The van der Waals surface area contributed by atoms with E-state index in [0.717, 1.165) is 34.6 Å². The third kappa shape index (κ3) is 2.41. The van der Waals surface area contributed by atoms with E-state index in [1.54, 1.807) is 6.33 Å². The van der Waals surface area contributed by atoms with Gasteiger partial charge in [0, 0.05) is 11.4 Å². The number of nitrogens with one attached hydrogen (secondary N) is 1. The van der Waals surface area contributed by atoms with Crippen LogP contribution in [0.3, 0.4) is 0 Å². The van der Waals surface area contributed by atoms with Crippen LogP contribution in [0.4, 0.5) is 0 Å². The fraction of sp³-hybridized carbons (Fsp3) is 0.300. The van der Waals surface area contributed by atoms with Crippen molar-refractivity contribution in [3.8, 4) is 0 Å². The molecule has 1 saturated carbocycles. The zero-order valence-corrected chi connectivity index (χ0v) is 14.4. The number of nitrogens with zero attached hydrogens (tertiary/aromatic N) is 4. The summed E-state index contributed by atoms with van der Waals surface area (Å²) in [6, 6.07) is 12.4. The van der Waals surface area contributed by atoms with Gasteiger partial charge in [-0.25, -0.2) is 4.98 Å². The van der Waals surface area contributed by atoms with E-state index in [-0.39, 0.29) is 11.9 Å². The van der Waals surface area contributed by atoms with Crippen LogP contribution in [0.25, 0.3) is 27.5 Å². The van der Waals surface area contributed by atoms with Gasteiger partial charge in [0.25, 0.3) is 5.91 Å². The number of hydrogen-bond donors (Lipinski definition) is 1. The van der Waals surface area contributed by atoms with E-state index < -0.39 is 0 Å². The van der Waals surface area contributed by atoms with Crippen molar-refractivity contribution in [1.29, 1.82) is 0 Å². The summed E-state index contributed by atoms with van der Waals surface area (Å²) in [4.78, 5) is 17.0. The molecular weight excluding hydrogens is 326 g/mol. The molecule has 0 radical (unpaired) electrons. The van der Waals surface area contributed by atoms with E-state index in [1.165, 1.54) is 19.3 Å². The van der Waals surface area contributed by atoms with Crippen LogP contribution in [0.1, 0.15) is 42.6 Å². The van der Waals surface area contributed by atoms with Crippen molar-refractivity contribution >= 4 is 33.4 Å². The summed E-state index contributed by atoms with van der Waals surface area (Å²) in [6.45, 7) is 0. The zero-order valence-electron chi connectivity index (χ0n) is 14.4. The Morgan fingerprint density at radius 2 is 1.88 bits per heavy atom. The Morgan fingerprint density at radius 3 is 2.77 bits per heavy atom. The maximum absolute atomic E-state index is 12.7. The molecule has 0 saturated heterocycles. The summed E-state index contributed by atoms with van der Waals surface area (Å²) in [5.74, 6) is -0.158. The Balaban J connectivity index is 1.59. The van der Waals surface area contributed by atoms with Gasteiger partial charge < -0.3 is 5.32 Å². The van der Waals surface area contributed by atoms with Crippen molar-refractivity contribution in [2.45, 2.75) is 38.1 Å². The molecule has 2 aromatic heterocycles. The number of hydrogen-bond acceptors (Lipinski definition) is 4. The second kappa shape index (κ2) is 6.05. The van der Waals surface area contributed by atoms with Gasteiger partial charge in [-0.2, -0.15) is 0 Å². The van der Waals surface area contributed by atoms with Crippen LogP contribution in [-0.2, 0) is 0 Å². The molecule has 6 nitrogen and oxygen atoms in total. The number of imidazole rings is 1. The van der Waals surface area contributed by atoms with Gasteiger partial charge >= 0.3 is 0 Å². The predicted octanol–water partition coefficient (Wildman–Crippen LogP) is 3.49. The first-order valence-electron chi connectivity index (χ1n) is 9.13. The van der Waals surface area contributed by atoms with E-state index in [4.69, 9.17) is 0 Å². The van der Waals surface area contributed by atoms with E-state index in [1.807, 2.05) is 28.7 Å². The Hall–Kier alpha value is -3.02. The maximum Gasteiger partial charge on any atom is 0.274 e. The van der Waals surface area contributed by atoms with Crippen LogP contribution < -0.4 is 5.32 Å². The SMILES string of the molecule is O=C(NC1CCCCC1)c1ncn2c1nnc1c3ccccc3ccc12. The van der Waals surface area contributed by atoms with Crippen molar-refractivity contribution < 1.29 is 4.79 Å². The van der Waals surface area contributed by atoms with Crippen LogP contribution in [0, 0.1) is 0 Å². The van der Waals surface area contributed by atoms with Gasteiger partial charge in [-0.3, -0.25) is 9.20 Å². The van der Waals surface area contributed by atoms with Crippen LogP contribution in [0.2, 0.25) is 0 Å². The molecule has 0 spiro atoms. The van der Waals surface area contributed by atoms with Gasteiger partial charge in [-0.05, 0) is 24.3 Å². The van der Waals surface area contributed by atoms with E-state index in [2.05, 4.69) is 32.6 Å². The normalized spacial score (nSPS) is 15.7. The lowest BCUT2D eigenvalue weighted by atomic mass is 9.95. The topological polar surface area (TPSA) is 72.2 Å². The number of carbonyl (C=O) groups excluding carboxylic acids is 1. The lowest BCUT2D eigenvalue weighted by molar-refractivity contribution is 0.0924. The molecule has 2 aromatic carbocycles. The molecule has 1 fully saturated rings. The quantitative estimate of drug-likeness (QED) is 0.565. The molecule has 0 unspecified atom stereocenters. The average molecular weight is 345 g/mol. The summed E-state index contributed by atoms with van der Waals surface area (Å²) >= 11 is 0. The molecule has 1 amide bonds. The molecule has 26 heavy (non-hydrogen) atoms. The van der Waals surface area contributed by atoms with Gasteiger partial charge in [-0.1, -0.05) is 49.6 Å². The Morgan fingerprint density at radius 1 is 1.04 bits per heavy atom. The van der Waals surface area contributed by atoms with Crippen LogP contribution in [-0.4, -0.2) is 31.5 Å². The summed E-state index contributed by atoms with van der Waals surface area (Å²) in [5, 5.41) is 14.0. The predicted molar refractivity (Wildman–Crippen MR) is 100 cm³/mol. The number of fused-ring (bicyclic) bond motifs is 5. The lowest BCUT2D eigenvalue weighted by Crippen LogP contribution is -2.36. The number of benzene rings is 2. The highest BCUT2D eigenvalue weighted by Crippen LogP contribution is 2.24. The fourth-order valence-electron chi connectivity index (χ4n) is 3.92. The summed E-state index contributed by atoms with van der Waals surface area (Å²) in [5.41, 5.74) is 2.56. The van der Waals surface area contributed by atoms with Crippen LogP contribution in [0.5, 0.6) is 0 Å². The van der Waals surface area contributed by atoms with Crippen molar-refractivity contribution in [3.05, 3.63) is 48.4 Å². The molecule has 130 valence electrons. The first-order chi connectivity index (χ1) is 12.8. The molecule has 5 rings (SSSR count). The average Bonchev–Trinajstić information content (AvgIpc) is 3.13. The number of aromatic nitrogens is 4. The molecule has 2 heterocycles. The molecule has 1 N–H and O–H groups in total. The van der Waals surface area contributed by atoms with Crippen molar-refractivity contribution in [2.24, 2.45) is 0 Å². The number of rotatable bonds is 2. The summed E-state index contributed by atoms with van der Waals surface area (Å²) in [6.07, 6.45) is 7.34. The first kappa shape index (κ1) is 15.3. The summed E-state index contributed by atoms with van der Waals surface area (Å²) < 4.78 is 1.85. The van der Waals surface area contributed by atoms with E-state index in [0.29, 0.717) is 11.3 Å². The Bertz CT molecular complexity index is 1130. The van der Waals surface area contributed by atoms with Crippen molar-refractivity contribution in [2.75, 3.05) is 0 Å². The Kier molecular flexibility index (Phi) is 3.55. The molecular formula is C20H19N5O. The van der Waals surface area contributed by atoms with Crippen molar-refractivity contribution in [3.63, 3.8) is 0 Å². The largest absolute Gasteiger partial charge is 0.348 e. The van der Waals surface area contributed by atoms with Crippen LogP contribution in [0.15, 0.2) is 42.7 Å². The molecule has 0 bridgehead atoms. The van der Waals surface area contributed by atoms with Crippen LogP contribution >= 0.6 is 0 Å². The van der Waals surface area contributed by atoms with E-state index >= 15 is 0 Å². The minimum absolute atomic E-state index is 0.158. The minimum Gasteiger partial charge on any atom is -0.348 e. The molecule has 4 aromatic rings. The summed E-state index contributed by atoms with van der Waals surface area (Å²) in [7, 11) is 0. The third-order valence-electron chi connectivity index (χ3n) is 5.28. The van der Waals surface area contributed by atoms with E-state index in [9.17, 15) is 4.79 Å². The van der Waals surface area contributed by atoms with Gasteiger partial charge in [0.1, 0.15) is 11.8 Å². The smallest absolute Gasteiger partial charge is 0.274 e. The van der Waals surface area contributed by atoms with Crippen molar-refractivity contribution in [1.82, 2.24) is 24.9 Å². The molecule has 6 heteroatoms. The minimum atomic E-state index is -0.158. The molecule has 0 aliphatic heterocycles. The molecule has 1 aliphatic carbocycles. The van der Waals surface area contributed by atoms with Gasteiger partial charge in [0.15, 0.2) is 11.3 Å². The standard InChI is InChI=1S/C20H19N5O/c26-20(22-14-7-2-1-3-8-14)18-19-24-23-17-15-9-5-4-6-13(15)10-11-16(17)25(19)12-21-18/h4-6,9-12,14H,1-3,7-8H2,(H,22,26). The lowest BCUT2D eigenvalue weighted by Gasteiger charge is -2.22. The Labute approximate surface area is 150 Å². The highest BCUT2D eigenvalue weighted by Gasteiger charge is 2.21. The van der Waals surface area contributed by atoms with Gasteiger partial charge in [0.05, 0.1) is 5.52 Å². The second-order valence-electron chi connectivity index (χ2n) is 6.95. The third-order valence-corrected chi connectivity index (χ3v) is 5.28. The highest BCUT2D eigenvalue weighted by molar-refractivity contribution is 6.05. The van der Waals surface area contributed by atoms with Gasteiger partial charge in [-0.15, -0.1) is 10.2 Å². The fourth-order valence-corrected chi connectivity index (χ4v) is 3.92. The second-order valence-corrected chi connectivity index (χ2v) is 6.95. The number of amides is 1. The number of carbonyl (C=O) groups is 1. The molecule has 1 aliphatic rings. The van der Waals surface area contributed by atoms with Gasteiger partial charge in [0.2, 0.25) is 0 Å². The maximum atomic E-state index is 12.7. The monoisotopic (exact) mass is 345 g/mol. The zero-order chi connectivity index (χ0) is 17.5. The first-order valence-corrected chi connectivity index (χ1v) is 9.13.